The first-order chi connectivity index (χ1) is 8.44. The monoisotopic (exact) mass is 261 g/mol. The third-order valence-electron chi connectivity index (χ3n) is 2.57. The molecule has 0 aliphatic carbocycles. The molecule has 0 saturated carbocycles. The summed E-state index contributed by atoms with van der Waals surface area (Å²) in [5.74, 6) is 0. The van der Waals surface area contributed by atoms with E-state index in [1.165, 1.54) is 5.56 Å². The van der Waals surface area contributed by atoms with Crippen LogP contribution in [0.4, 0.5) is 5.69 Å². The van der Waals surface area contributed by atoms with Crippen molar-refractivity contribution in [3.05, 3.63) is 54.1 Å². The van der Waals surface area contributed by atoms with Gasteiger partial charge < -0.3 is 0 Å². The van der Waals surface area contributed by atoms with Gasteiger partial charge in [-0.15, -0.1) is 0 Å². The molecule has 2 aromatic carbocycles. The highest BCUT2D eigenvalue weighted by atomic mass is 32.2. The van der Waals surface area contributed by atoms with Crippen molar-refractivity contribution in [2.75, 3.05) is 11.0 Å². The third kappa shape index (κ3) is 3.34. The van der Waals surface area contributed by atoms with Crippen LogP contribution < -0.4 is 4.72 Å². The summed E-state index contributed by atoms with van der Waals surface area (Å²) in [5, 5.41) is 0. The van der Waals surface area contributed by atoms with Gasteiger partial charge in [-0.2, -0.15) is 0 Å². The van der Waals surface area contributed by atoms with Crippen molar-refractivity contribution in [2.24, 2.45) is 0 Å². The first kappa shape index (κ1) is 12.6. The van der Waals surface area contributed by atoms with Crippen molar-refractivity contribution in [1.82, 2.24) is 0 Å². The number of aryl methyl sites for hydroxylation is 1. The maximum atomic E-state index is 11.1. The fourth-order valence-corrected chi connectivity index (χ4v) is 2.26. The van der Waals surface area contributed by atoms with E-state index in [-0.39, 0.29) is 0 Å². The van der Waals surface area contributed by atoms with Gasteiger partial charge in [-0.1, -0.05) is 42.0 Å². The van der Waals surface area contributed by atoms with Crippen LogP contribution in [-0.2, 0) is 10.0 Å². The Labute approximate surface area is 108 Å². The van der Waals surface area contributed by atoms with Crippen LogP contribution >= 0.6 is 0 Å². The highest BCUT2D eigenvalue weighted by Crippen LogP contribution is 2.22. The van der Waals surface area contributed by atoms with Crippen LogP contribution in [0.2, 0.25) is 0 Å². The summed E-state index contributed by atoms with van der Waals surface area (Å²) in [7, 11) is -3.21. The molecule has 0 saturated heterocycles. The molecular formula is C14H15NO2S. The summed E-state index contributed by atoms with van der Waals surface area (Å²) in [4.78, 5) is 0. The zero-order chi connectivity index (χ0) is 13.2. The maximum Gasteiger partial charge on any atom is 0.229 e. The number of sulfonamides is 1. The van der Waals surface area contributed by atoms with E-state index in [1.54, 1.807) is 12.1 Å². The minimum absolute atomic E-state index is 0.577. The highest BCUT2D eigenvalue weighted by molar-refractivity contribution is 7.92. The SMILES string of the molecule is Cc1ccc(-c2ccc(NS(C)(=O)=O)cc2)cc1. The van der Waals surface area contributed by atoms with Gasteiger partial charge in [0.2, 0.25) is 10.0 Å². The number of benzene rings is 2. The summed E-state index contributed by atoms with van der Waals surface area (Å²) in [6.45, 7) is 2.04. The van der Waals surface area contributed by atoms with Crippen LogP contribution in [0.15, 0.2) is 48.5 Å². The van der Waals surface area contributed by atoms with Crippen LogP contribution in [0, 0.1) is 6.92 Å². The van der Waals surface area contributed by atoms with E-state index in [0.717, 1.165) is 17.4 Å². The second kappa shape index (κ2) is 4.82. The number of anilines is 1. The van der Waals surface area contributed by atoms with E-state index in [2.05, 4.69) is 16.9 Å². The second-order valence-electron chi connectivity index (χ2n) is 4.32. The lowest BCUT2D eigenvalue weighted by molar-refractivity contribution is 0.607. The van der Waals surface area contributed by atoms with Crippen molar-refractivity contribution in [2.45, 2.75) is 6.92 Å². The predicted octanol–water partition coefficient (Wildman–Crippen LogP) is 3.03. The van der Waals surface area contributed by atoms with E-state index in [1.807, 2.05) is 31.2 Å². The molecule has 0 fully saturated rings. The van der Waals surface area contributed by atoms with Gasteiger partial charge in [-0.05, 0) is 30.2 Å². The van der Waals surface area contributed by atoms with Crippen molar-refractivity contribution in [1.29, 1.82) is 0 Å². The molecule has 0 heterocycles. The molecule has 0 spiro atoms. The maximum absolute atomic E-state index is 11.1. The molecular weight excluding hydrogens is 246 g/mol. The molecule has 2 rings (SSSR count). The zero-order valence-electron chi connectivity index (χ0n) is 10.3. The Kier molecular flexibility index (Phi) is 3.39. The highest BCUT2D eigenvalue weighted by Gasteiger charge is 2.02. The lowest BCUT2D eigenvalue weighted by Crippen LogP contribution is -2.09. The van der Waals surface area contributed by atoms with Crippen molar-refractivity contribution < 1.29 is 8.42 Å². The standard InChI is InChI=1S/C14H15NO2S/c1-11-3-5-12(6-4-11)13-7-9-14(10-8-13)15-18(2,16)17/h3-10,15H,1-2H3. The molecule has 0 amide bonds. The molecule has 0 unspecified atom stereocenters. The van der Waals surface area contributed by atoms with Crippen LogP contribution in [0.3, 0.4) is 0 Å². The van der Waals surface area contributed by atoms with Gasteiger partial charge in [0.1, 0.15) is 0 Å². The molecule has 94 valence electrons. The lowest BCUT2D eigenvalue weighted by Gasteiger charge is -2.06. The average molecular weight is 261 g/mol. The van der Waals surface area contributed by atoms with Crippen LogP contribution in [-0.4, -0.2) is 14.7 Å². The topological polar surface area (TPSA) is 46.2 Å². The van der Waals surface area contributed by atoms with E-state index in [4.69, 9.17) is 0 Å². The first-order valence-electron chi connectivity index (χ1n) is 5.59. The fraction of sp³-hybridized carbons (Fsp3) is 0.143. The summed E-state index contributed by atoms with van der Waals surface area (Å²) < 4.78 is 24.6. The number of hydrogen-bond donors (Lipinski definition) is 1. The molecule has 0 radical (unpaired) electrons. The molecule has 18 heavy (non-hydrogen) atoms. The average Bonchev–Trinajstić information content (AvgIpc) is 2.29. The molecule has 0 aromatic heterocycles. The van der Waals surface area contributed by atoms with Crippen molar-refractivity contribution in [3.8, 4) is 11.1 Å². The second-order valence-corrected chi connectivity index (χ2v) is 6.07. The van der Waals surface area contributed by atoms with Gasteiger partial charge in [0.25, 0.3) is 0 Å². The quantitative estimate of drug-likeness (QED) is 0.923. The summed E-state index contributed by atoms with van der Waals surface area (Å²) in [6, 6.07) is 15.5. The van der Waals surface area contributed by atoms with Gasteiger partial charge in [-0.3, -0.25) is 4.72 Å². The normalized spacial score (nSPS) is 11.2. The third-order valence-corrected chi connectivity index (χ3v) is 3.18. The van der Waals surface area contributed by atoms with E-state index < -0.39 is 10.0 Å². The van der Waals surface area contributed by atoms with Crippen LogP contribution in [0.1, 0.15) is 5.56 Å². The van der Waals surface area contributed by atoms with Gasteiger partial charge in [0.05, 0.1) is 6.26 Å². The minimum Gasteiger partial charge on any atom is -0.284 e. The van der Waals surface area contributed by atoms with Gasteiger partial charge >= 0.3 is 0 Å². The van der Waals surface area contributed by atoms with E-state index in [0.29, 0.717) is 5.69 Å². The Bertz CT molecular complexity index is 628. The van der Waals surface area contributed by atoms with Crippen molar-refractivity contribution >= 4 is 15.7 Å². The number of nitrogens with one attached hydrogen (secondary N) is 1. The van der Waals surface area contributed by atoms with E-state index in [9.17, 15) is 8.42 Å². The first-order valence-corrected chi connectivity index (χ1v) is 7.48. The molecule has 2 aromatic rings. The predicted molar refractivity (Wildman–Crippen MR) is 75.1 cm³/mol. The van der Waals surface area contributed by atoms with Gasteiger partial charge in [0.15, 0.2) is 0 Å². The van der Waals surface area contributed by atoms with Crippen LogP contribution in [0.5, 0.6) is 0 Å². The zero-order valence-corrected chi connectivity index (χ0v) is 11.2. The van der Waals surface area contributed by atoms with Crippen LogP contribution in [0.25, 0.3) is 11.1 Å². The molecule has 3 nitrogen and oxygen atoms in total. The number of rotatable bonds is 3. The Morgan fingerprint density at radius 2 is 1.28 bits per heavy atom. The van der Waals surface area contributed by atoms with Gasteiger partial charge in [-0.25, -0.2) is 8.42 Å². The molecule has 0 aliphatic heterocycles. The fourth-order valence-electron chi connectivity index (χ4n) is 1.69. The Balaban J connectivity index is 2.25. The molecule has 0 atom stereocenters. The van der Waals surface area contributed by atoms with E-state index >= 15 is 0 Å². The summed E-state index contributed by atoms with van der Waals surface area (Å²) >= 11 is 0. The smallest absolute Gasteiger partial charge is 0.229 e. The Morgan fingerprint density at radius 1 is 0.833 bits per heavy atom. The van der Waals surface area contributed by atoms with Gasteiger partial charge in [0, 0.05) is 5.69 Å². The minimum atomic E-state index is -3.21. The Hall–Kier alpha value is -1.81. The Morgan fingerprint density at radius 3 is 1.72 bits per heavy atom. The molecule has 1 N–H and O–H groups in total. The summed E-state index contributed by atoms with van der Waals surface area (Å²) in [5.41, 5.74) is 3.98. The number of hydrogen-bond acceptors (Lipinski definition) is 2. The molecule has 0 bridgehead atoms. The van der Waals surface area contributed by atoms with Crippen molar-refractivity contribution in [3.63, 3.8) is 0 Å². The largest absolute Gasteiger partial charge is 0.284 e. The summed E-state index contributed by atoms with van der Waals surface area (Å²) in [6.07, 6.45) is 1.14. The molecule has 4 heteroatoms. The lowest BCUT2D eigenvalue weighted by atomic mass is 10.0. The molecule has 0 aliphatic rings.